The minimum Gasteiger partial charge on any atom is -0.481 e. The Morgan fingerprint density at radius 1 is 1.09 bits per heavy atom. The average Bonchev–Trinajstić information content (AvgIpc) is 2.93. The van der Waals surface area contributed by atoms with Gasteiger partial charge in [-0.15, -0.1) is 0 Å². The zero-order valence-electron chi connectivity index (χ0n) is 28.9. The first-order chi connectivity index (χ1) is 20.9. The number of nitrogens with two attached hydrogens (primary N) is 1. The van der Waals surface area contributed by atoms with E-state index in [1.54, 1.807) is 7.11 Å². The van der Waals surface area contributed by atoms with E-state index < -0.39 is 51.2 Å². The van der Waals surface area contributed by atoms with E-state index in [9.17, 15) is 19.5 Å². The Morgan fingerprint density at radius 3 is 2.38 bits per heavy atom. The number of carbonyl (C=O) groups is 3. The van der Waals surface area contributed by atoms with Crippen LogP contribution in [0.4, 0.5) is 0 Å². The second-order valence-corrected chi connectivity index (χ2v) is 16.6. The summed E-state index contributed by atoms with van der Waals surface area (Å²) in [5.74, 6) is -1.54. The minimum absolute atomic E-state index is 0.0220. The lowest BCUT2D eigenvalue weighted by Gasteiger charge is -2.70. The molecule has 1 saturated heterocycles. The number of carbonyl (C=O) groups excluding carboxylic acids is 2. The number of aliphatic carboxylic acids is 1. The summed E-state index contributed by atoms with van der Waals surface area (Å²) in [7, 11) is 1.60. The molecule has 0 aromatic rings. The van der Waals surface area contributed by atoms with Gasteiger partial charge in [0, 0.05) is 30.3 Å². The van der Waals surface area contributed by atoms with Crippen molar-refractivity contribution in [1.29, 1.82) is 0 Å². The standard InChI is InChI=1S/C36H57NO8/c1-20(2)21(3)32(5)12-13-34(7)24-10-11-27-33(6)18-43-19-36(27,25(24)14-28(39)35(34,8)29(32)31(40)41)15-26(45-22(4)38)30(33)44-17-23(37)16-42-9/h14,20-21,23-24,26-27,29-30H,10-13,15-19,37H2,1-9H3,(H,40,41)/t21-,23?,24+,26-,27+,29-,30+,32-,33?,34-,35+,36+/m1/s1. The molecule has 0 radical (unpaired) electrons. The monoisotopic (exact) mass is 631 g/mol. The number of carboxylic acids is 1. The molecule has 12 atom stereocenters. The van der Waals surface area contributed by atoms with Crippen molar-refractivity contribution in [2.75, 3.05) is 33.5 Å². The van der Waals surface area contributed by atoms with Crippen molar-refractivity contribution >= 4 is 17.7 Å². The molecule has 2 bridgehead atoms. The third-order valence-corrected chi connectivity index (χ3v) is 14.1. The molecule has 9 nitrogen and oxygen atoms in total. The summed E-state index contributed by atoms with van der Waals surface area (Å²) in [6.45, 7) is 17.8. The summed E-state index contributed by atoms with van der Waals surface area (Å²) < 4.78 is 24.2. The number of carboxylic acid groups (broad SMARTS) is 1. The highest BCUT2D eigenvalue weighted by Crippen LogP contribution is 2.74. The topological polar surface area (TPSA) is 134 Å². The van der Waals surface area contributed by atoms with Crippen molar-refractivity contribution < 1.29 is 38.4 Å². The number of esters is 1. The van der Waals surface area contributed by atoms with Crippen LogP contribution in [0.25, 0.3) is 0 Å². The van der Waals surface area contributed by atoms with Gasteiger partial charge in [0.2, 0.25) is 0 Å². The summed E-state index contributed by atoms with van der Waals surface area (Å²) in [4.78, 5) is 40.6. The second-order valence-electron chi connectivity index (χ2n) is 16.6. The van der Waals surface area contributed by atoms with Gasteiger partial charge in [-0.1, -0.05) is 54.0 Å². The molecule has 1 aliphatic heterocycles. The molecular weight excluding hydrogens is 574 g/mol. The molecule has 0 aromatic heterocycles. The van der Waals surface area contributed by atoms with Gasteiger partial charge < -0.3 is 29.8 Å². The van der Waals surface area contributed by atoms with E-state index in [1.165, 1.54) is 6.92 Å². The molecule has 0 aromatic carbocycles. The largest absolute Gasteiger partial charge is 0.481 e. The fourth-order valence-corrected chi connectivity index (χ4v) is 11.5. The molecule has 0 spiro atoms. The fourth-order valence-electron chi connectivity index (χ4n) is 11.5. The maximum Gasteiger partial charge on any atom is 0.308 e. The molecule has 254 valence electrons. The lowest BCUT2D eigenvalue weighted by Crippen LogP contribution is -2.71. The van der Waals surface area contributed by atoms with Crippen LogP contribution in [0.5, 0.6) is 0 Å². The van der Waals surface area contributed by atoms with Crippen LogP contribution in [-0.2, 0) is 33.3 Å². The summed E-state index contributed by atoms with van der Waals surface area (Å²) in [6, 6.07) is -0.322. The van der Waals surface area contributed by atoms with Gasteiger partial charge in [-0.25, -0.2) is 0 Å². The predicted molar refractivity (Wildman–Crippen MR) is 169 cm³/mol. The van der Waals surface area contributed by atoms with Gasteiger partial charge in [0.25, 0.3) is 0 Å². The van der Waals surface area contributed by atoms with Gasteiger partial charge in [-0.3, -0.25) is 14.4 Å². The molecule has 0 amide bonds. The molecule has 3 N–H and O–H groups in total. The molecule has 4 fully saturated rings. The number of methoxy groups -OCH3 is 1. The number of ether oxygens (including phenoxy) is 4. The molecule has 3 saturated carbocycles. The number of allylic oxidation sites excluding steroid dienone is 1. The maximum atomic E-state index is 14.8. The minimum atomic E-state index is -1.06. The molecule has 4 aliphatic carbocycles. The van der Waals surface area contributed by atoms with Crippen molar-refractivity contribution in [2.24, 2.45) is 62.4 Å². The van der Waals surface area contributed by atoms with Crippen LogP contribution in [0, 0.1) is 56.7 Å². The number of rotatable bonds is 9. The number of ketones is 1. The number of fused-ring (bicyclic) bond motifs is 3. The first-order valence-electron chi connectivity index (χ1n) is 17.0. The van der Waals surface area contributed by atoms with Crippen molar-refractivity contribution in [1.82, 2.24) is 0 Å². The van der Waals surface area contributed by atoms with Crippen molar-refractivity contribution in [3.8, 4) is 0 Å². The van der Waals surface area contributed by atoms with Crippen LogP contribution in [0.15, 0.2) is 11.6 Å². The SMILES string of the molecule is COCC(N)CO[C@H]1[C@H](OC(C)=O)C[C@@]23COCC1(C)[C@@H]2CC[C@H]1C3=CC(=O)[C@@]2(C)[C@H](C(=O)O)[C@@](C)([C@H](C)C(C)C)CC[C@]12C. The highest BCUT2D eigenvalue weighted by atomic mass is 16.6. The van der Waals surface area contributed by atoms with E-state index in [1.807, 2.05) is 13.0 Å². The highest BCUT2D eigenvalue weighted by molar-refractivity contribution is 6.00. The van der Waals surface area contributed by atoms with Crippen LogP contribution < -0.4 is 5.73 Å². The molecule has 45 heavy (non-hydrogen) atoms. The van der Waals surface area contributed by atoms with Gasteiger partial charge in [0.15, 0.2) is 5.78 Å². The van der Waals surface area contributed by atoms with E-state index in [-0.39, 0.29) is 42.2 Å². The van der Waals surface area contributed by atoms with Crippen molar-refractivity contribution in [2.45, 2.75) is 106 Å². The quantitative estimate of drug-likeness (QED) is 0.336. The Morgan fingerprint density at radius 2 is 1.78 bits per heavy atom. The highest BCUT2D eigenvalue weighted by Gasteiger charge is 2.74. The Kier molecular flexibility index (Phi) is 8.98. The number of hydrogen-bond donors (Lipinski definition) is 2. The van der Waals surface area contributed by atoms with E-state index in [0.717, 1.165) is 31.3 Å². The fraction of sp³-hybridized carbons (Fsp3) is 0.861. The average molecular weight is 632 g/mol. The summed E-state index contributed by atoms with van der Waals surface area (Å²) in [5.41, 5.74) is 4.20. The molecule has 5 rings (SSSR count). The van der Waals surface area contributed by atoms with Crippen LogP contribution in [0.3, 0.4) is 0 Å². The van der Waals surface area contributed by atoms with Crippen LogP contribution in [0.1, 0.15) is 87.5 Å². The Hall–Kier alpha value is -1.81. The van der Waals surface area contributed by atoms with Crippen LogP contribution in [0.2, 0.25) is 0 Å². The normalized spacial score (nSPS) is 45.4. The third-order valence-electron chi connectivity index (χ3n) is 14.1. The lowest BCUT2D eigenvalue weighted by atomic mass is 9.34. The Labute approximate surface area is 269 Å². The summed E-state index contributed by atoms with van der Waals surface area (Å²) >= 11 is 0. The van der Waals surface area contributed by atoms with Gasteiger partial charge >= 0.3 is 11.9 Å². The van der Waals surface area contributed by atoms with Gasteiger partial charge in [-0.2, -0.15) is 0 Å². The second kappa shape index (κ2) is 11.7. The Balaban J connectivity index is 1.61. The smallest absolute Gasteiger partial charge is 0.308 e. The van der Waals surface area contributed by atoms with E-state index in [0.29, 0.717) is 32.2 Å². The van der Waals surface area contributed by atoms with Gasteiger partial charge in [0.05, 0.1) is 38.4 Å². The molecule has 1 heterocycles. The van der Waals surface area contributed by atoms with E-state index >= 15 is 0 Å². The molecule has 2 unspecified atom stereocenters. The lowest BCUT2D eigenvalue weighted by molar-refractivity contribution is -0.266. The van der Waals surface area contributed by atoms with Gasteiger partial charge in [-0.05, 0) is 72.7 Å². The first-order valence-corrected chi connectivity index (χ1v) is 17.0. The van der Waals surface area contributed by atoms with E-state index in [4.69, 9.17) is 24.7 Å². The third kappa shape index (κ3) is 4.88. The molecular formula is C36H57NO8. The van der Waals surface area contributed by atoms with Gasteiger partial charge in [0.1, 0.15) is 12.2 Å². The zero-order chi connectivity index (χ0) is 33.3. The zero-order valence-corrected chi connectivity index (χ0v) is 28.9. The Bertz CT molecular complexity index is 1230. The summed E-state index contributed by atoms with van der Waals surface area (Å²) in [5, 5.41) is 10.9. The summed E-state index contributed by atoms with van der Waals surface area (Å²) in [6.07, 6.45) is 4.66. The van der Waals surface area contributed by atoms with Crippen LogP contribution in [-0.4, -0.2) is 74.6 Å². The predicted octanol–water partition coefficient (Wildman–Crippen LogP) is 5.04. The molecule has 5 aliphatic rings. The van der Waals surface area contributed by atoms with E-state index in [2.05, 4.69) is 41.5 Å². The van der Waals surface area contributed by atoms with Crippen molar-refractivity contribution in [3.63, 3.8) is 0 Å². The maximum absolute atomic E-state index is 14.8. The number of hydrogen-bond acceptors (Lipinski definition) is 8. The first kappa shape index (κ1) is 34.5. The van der Waals surface area contributed by atoms with Crippen LogP contribution >= 0.6 is 0 Å². The molecule has 9 heteroatoms. The van der Waals surface area contributed by atoms with Crippen molar-refractivity contribution in [3.05, 3.63) is 11.6 Å².